The SMILES string of the molecule is O=C1OC(C(=O)Nc2ccccc2Cl)Cc2ccccc21. The van der Waals surface area contributed by atoms with Gasteiger partial charge in [0.25, 0.3) is 5.91 Å². The normalized spacial score (nSPS) is 16.8. The van der Waals surface area contributed by atoms with Gasteiger partial charge in [-0.15, -0.1) is 0 Å². The number of ether oxygens (including phenoxy) is 1. The molecule has 0 aromatic heterocycles. The summed E-state index contributed by atoms with van der Waals surface area (Å²) < 4.78 is 5.19. The van der Waals surface area contributed by atoms with E-state index in [-0.39, 0.29) is 5.91 Å². The van der Waals surface area contributed by atoms with Crippen molar-refractivity contribution in [2.45, 2.75) is 12.5 Å². The third-order valence-electron chi connectivity index (χ3n) is 3.32. The third-order valence-corrected chi connectivity index (χ3v) is 3.65. The number of hydrogen-bond donors (Lipinski definition) is 1. The van der Waals surface area contributed by atoms with Crippen LogP contribution < -0.4 is 5.32 Å². The van der Waals surface area contributed by atoms with Crippen LogP contribution in [-0.2, 0) is 16.0 Å². The second-order valence-electron chi connectivity index (χ2n) is 4.72. The molecule has 1 heterocycles. The van der Waals surface area contributed by atoms with Crippen molar-refractivity contribution in [3.05, 3.63) is 64.7 Å². The van der Waals surface area contributed by atoms with E-state index in [1.807, 2.05) is 12.1 Å². The summed E-state index contributed by atoms with van der Waals surface area (Å²) >= 11 is 5.99. The summed E-state index contributed by atoms with van der Waals surface area (Å²) in [4.78, 5) is 24.1. The molecule has 0 aliphatic carbocycles. The van der Waals surface area contributed by atoms with Gasteiger partial charge < -0.3 is 10.1 Å². The zero-order chi connectivity index (χ0) is 14.8. The summed E-state index contributed by atoms with van der Waals surface area (Å²) in [5, 5.41) is 3.12. The second-order valence-corrected chi connectivity index (χ2v) is 5.13. The smallest absolute Gasteiger partial charge is 0.339 e. The maximum Gasteiger partial charge on any atom is 0.339 e. The molecule has 0 saturated heterocycles. The minimum Gasteiger partial charge on any atom is -0.448 e. The molecule has 21 heavy (non-hydrogen) atoms. The van der Waals surface area contributed by atoms with Crippen molar-refractivity contribution in [3.63, 3.8) is 0 Å². The molecule has 1 unspecified atom stereocenters. The lowest BCUT2D eigenvalue weighted by Crippen LogP contribution is -2.38. The molecule has 0 fully saturated rings. The topological polar surface area (TPSA) is 55.4 Å². The number of benzene rings is 2. The van der Waals surface area contributed by atoms with E-state index >= 15 is 0 Å². The highest BCUT2D eigenvalue weighted by Gasteiger charge is 2.31. The van der Waals surface area contributed by atoms with Crippen LogP contribution in [0.15, 0.2) is 48.5 Å². The summed E-state index contributed by atoms with van der Waals surface area (Å²) in [6.07, 6.45) is -0.484. The Morgan fingerprint density at radius 3 is 2.67 bits per heavy atom. The van der Waals surface area contributed by atoms with Gasteiger partial charge in [-0.05, 0) is 23.8 Å². The van der Waals surface area contributed by atoms with Gasteiger partial charge in [0.05, 0.1) is 16.3 Å². The lowest BCUT2D eigenvalue weighted by atomic mass is 9.98. The monoisotopic (exact) mass is 301 g/mol. The molecule has 1 aliphatic heterocycles. The Hall–Kier alpha value is -2.33. The van der Waals surface area contributed by atoms with Crippen LogP contribution in [0.3, 0.4) is 0 Å². The van der Waals surface area contributed by atoms with Crippen molar-refractivity contribution in [1.82, 2.24) is 0 Å². The summed E-state index contributed by atoms with van der Waals surface area (Å²) in [6, 6.07) is 14.0. The number of carbonyl (C=O) groups excluding carboxylic acids is 2. The van der Waals surface area contributed by atoms with Gasteiger partial charge in [0.15, 0.2) is 6.10 Å². The number of fused-ring (bicyclic) bond motifs is 1. The van der Waals surface area contributed by atoms with Crippen molar-refractivity contribution in [2.75, 3.05) is 5.32 Å². The van der Waals surface area contributed by atoms with E-state index in [2.05, 4.69) is 5.32 Å². The highest BCUT2D eigenvalue weighted by molar-refractivity contribution is 6.33. The number of rotatable bonds is 2. The summed E-state index contributed by atoms with van der Waals surface area (Å²) in [7, 11) is 0. The summed E-state index contributed by atoms with van der Waals surface area (Å²) in [5.41, 5.74) is 1.83. The fourth-order valence-corrected chi connectivity index (χ4v) is 2.44. The lowest BCUT2D eigenvalue weighted by molar-refractivity contribution is -0.125. The Morgan fingerprint density at radius 2 is 1.86 bits per heavy atom. The molecular weight excluding hydrogens is 290 g/mol. The van der Waals surface area contributed by atoms with Gasteiger partial charge in [0.2, 0.25) is 0 Å². The fourth-order valence-electron chi connectivity index (χ4n) is 2.25. The van der Waals surface area contributed by atoms with Gasteiger partial charge in [-0.25, -0.2) is 4.79 Å². The molecule has 5 heteroatoms. The van der Waals surface area contributed by atoms with Crippen molar-refractivity contribution >= 4 is 29.2 Å². The Kier molecular flexibility index (Phi) is 3.62. The standard InChI is InChI=1S/C16H12ClNO3/c17-12-7-3-4-8-13(12)18-15(19)14-9-10-5-1-2-6-11(10)16(20)21-14/h1-8,14H,9H2,(H,18,19). The van der Waals surface area contributed by atoms with Crippen LogP contribution >= 0.6 is 11.6 Å². The first kappa shape index (κ1) is 13.6. The second kappa shape index (κ2) is 5.58. The number of esters is 1. The van der Waals surface area contributed by atoms with Gasteiger partial charge in [-0.1, -0.05) is 41.9 Å². The van der Waals surface area contributed by atoms with Crippen LogP contribution in [0.5, 0.6) is 0 Å². The molecule has 0 spiro atoms. The van der Waals surface area contributed by atoms with Gasteiger partial charge in [-0.2, -0.15) is 0 Å². The zero-order valence-electron chi connectivity index (χ0n) is 11.0. The minimum absolute atomic E-state index is 0.359. The molecule has 1 aliphatic rings. The lowest BCUT2D eigenvalue weighted by Gasteiger charge is -2.23. The van der Waals surface area contributed by atoms with Gasteiger partial charge in [0.1, 0.15) is 0 Å². The molecule has 3 rings (SSSR count). The number of para-hydroxylation sites is 1. The molecule has 2 aromatic carbocycles. The fraction of sp³-hybridized carbons (Fsp3) is 0.125. The Morgan fingerprint density at radius 1 is 1.14 bits per heavy atom. The van der Waals surface area contributed by atoms with E-state index < -0.39 is 12.1 Å². The number of anilines is 1. The van der Waals surface area contributed by atoms with E-state index in [9.17, 15) is 9.59 Å². The Bertz CT molecular complexity index is 714. The van der Waals surface area contributed by atoms with E-state index in [4.69, 9.17) is 16.3 Å². The first-order chi connectivity index (χ1) is 10.1. The van der Waals surface area contributed by atoms with Crippen LogP contribution in [0.1, 0.15) is 15.9 Å². The Labute approximate surface area is 126 Å². The zero-order valence-corrected chi connectivity index (χ0v) is 11.8. The molecule has 0 saturated carbocycles. The van der Waals surface area contributed by atoms with Crippen LogP contribution in [0.25, 0.3) is 0 Å². The average Bonchev–Trinajstić information content (AvgIpc) is 2.49. The number of halogens is 1. The van der Waals surface area contributed by atoms with Crippen LogP contribution in [0.2, 0.25) is 5.02 Å². The summed E-state index contributed by atoms with van der Waals surface area (Å²) in [6.45, 7) is 0. The first-order valence-corrected chi connectivity index (χ1v) is 6.87. The minimum atomic E-state index is -0.844. The van der Waals surface area contributed by atoms with Crippen LogP contribution in [0, 0.1) is 0 Å². The Balaban J connectivity index is 1.78. The van der Waals surface area contributed by atoms with Crippen molar-refractivity contribution in [1.29, 1.82) is 0 Å². The van der Waals surface area contributed by atoms with Crippen LogP contribution in [0.4, 0.5) is 5.69 Å². The van der Waals surface area contributed by atoms with Crippen molar-refractivity contribution < 1.29 is 14.3 Å². The van der Waals surface area contributed by atoms with Gasteiger partial charge in [0, 0.05) is 6.42 Å². The van der Waals surface area contributed by atoms with Crippen molar-refractivity contribution in [3.8, 4) is 0 Å². The van der Waals surface area contributed by atoms with Gasteiger partial charge >= 0.3 is 5.97 Å². The predicted molar refractivity (Wildman–Crippen MR) is 79.4 cm³/mol. The number of cyclic esters (lactones) is 1. The highest BCUT2D eigenvalue weighted by Crippen LogP contribution is 2.24. The van der Waals surface area contributed by atoms with E-state index in [1.165, 1.54) is 0 Å². The molecule has 1 N–H and O–H groups in total. The number of nitrogens with one attached hydrogen (secondary N) is 1. The van der Waals surface area contributed by atoms with E-state index in [0.717, 1.165) is 5.56 Å². The van der Waals surface area contributed by atoms with Crippen molar-refractivity contribution in [2.24, 2.45) is 0 Å². The van der Waals surface area contributed by atoms with Crippen LogP contribution in [-0.4, -0.2) is 18.0 Å². The largest absolute Gasteiger partial charge is 0.448 e. The molecule has 0 radical (unpaired) electrons. The average molecular weight is 302 g/mol. The maximum absolute atomic E-state index is 12.2. The van der Waals surface area contributed by atoms with E-state index in [0.29, 0.717) is 22.7 Å². The number of amides is 1. The highest BCUT2D eigenvalue weighted by atomic mass is 35.5. The molecule has 4 nitrogen and oxygen atoms in total. The van der Waals surface area contributed by atoms with E-state index in [1.54, 1.807) is 36.4 Å². The quantitative estimate of drug-likeness (QED) is 0.867. The predicted octanol–water partition coefficient (Wildman–Crippen LogP) is 3.06. The summed E-state index contributed by atoms with van der Waals surface area (Å²) in [5.74, 6) is -0.859. The molecule has 0 bridgehead atoms. The molecule has 1 atom stereocenters. The maximum atomic E-state index is 12.2. The number of carbonyl (C=O) groups is 2. The first-order valence-electron chi connectivity index (χ1n) is 6.49. The molecule has 1 amide bonds. The number of hydrogen-bond acceptors (Lipinski definition) is 3. The molecular formula is C16H12ClNO3. The van der Waals surface area contributed by atoms with Gasteiger partial charge in [-0.3, -0.25) is 4.79 Å². The third kappa shape index (κ3) is 2.76. The molecule has 106 valence electrons. The molecule has 2 aromatic rings.